The van der Waals surface area contributed by atoms with Gasteiger partial charge in [0, 0.05) is 19.1 Å². The molecule has 1 aromatic carbocycles. The van der Waals surface area contributed by atoms with Crippen molar-refractivity contribution in [1.29, 1.82) is 5.41 Å². The van der Waals surface area contributed by atoms with Crippen LogP contribution in [0.1, 0.15) is 30.6 Å². The van der Waals surface area contributed by atoms with Gasteiger partial charge in [-0.3, -0.25) is 4.79 Å². The Labute approximate surface area is 95.9 Å². The van der Waals surface area contributed by atoms with E-state index in [4.69, 9.17) is 10.1 Å². The van der Waals surface area contributed by atoms with E-state index in [0.29, 0.717) is 12.0 Å². The first kappa shape index (κ1) is 12.6. The van der Waals surface area contributed by atoms with Gasteiger partial charge in [-0.1, -0.05) is 30.3 Å². The molecule has 16 heavy (non-hydrogen) atoms. The highest BCUT2D eigenvalue weighted by atomic mass is 16.5. The van der Waals surface area contributed by atoms with Crippen LogP contribution < -0.4 is 0 Å². The van der Waals surface area contributed by atoms with Crippen molar-refractivity contribution < 1.29 is 9.53 Å². The summed E-state index contributed by atoms with van der Waals surface area (Å²) in [5.41, 5.74) is 0.166. The van der Waals surface area contributed by atoms with Crippen molar-refractivity contribution in [1.82, 2.24) is 0 Å². The fraction of sp³-hybridized carbons (Fsp3) is 0.385. The summed E-state index contributed by atoms with van der Waals surface area (Å²) in [6, 6.07) is 8.87. The minimum absolute atomic E-state index is 0.0815. The molecule has 0 fully saturated rings. The maximum Gasteiger partial charge on any atom is 0.206 e. The van der Waals surface area contributed by atoms with Crippen molar-refractivity contribution in [3.8, 4) is 0 Å². The van der Waals surface area contributed by atoms with Gasteiger partial charge in [-0.05, 0) is 13.8 Å². The van der Waals surface area contributed by atoms with Crippen molar-refractivity contribution in [2.75, 3.05) is 7.11 Å². The van der Waals surface area contributed by atoms with E-state index < -0.39 is 5.60 Å². The number of carbonyl (C=O) groups excluding carboxylic acids is 1. The first-order valence-corrected chi connectivity index (χ1v) is 5.18. The van der Waals surface area contributed by atoms with E-state index in [1.54, 1.807) is 31.4 Å². The standard InChI is InChI=1S/C13H17NO2/c1-13(2,16-3)9-11(14)12(15)10-7-5-4-6-8-10/h4-8,14H,9H2,1-3H3. The van der Waals surface area contributed by atoms with Crippen LogP contribution in [0.4, 0.5) is 0 Å². The van der Waals surface area contributed by atoms with Crippen molar-refractivity contribution in [3.63, 3.8) is 0 Å². The lowest BCUT2D eigenvalue weighted by atomic mass is 9.96. The maximum absolute atomic E-state index is 11.9. The number of nitrogens with one attached hydrogen (secondary N) is 1. The fourth-order valence-electron chi connectivity index (χ4n) is 1.34. The van der Waals surface area contributed by atoms with Crippen LogP contribution in [0.5, 0.6) is 0 Å². The van der Waals surface area contributed by atoms with Gasteiger partial charge in [0.25, 0.3) is 0 Å². The summed E-state index contributed by atoms with van der Waals surface area (Å²) in [5, 5.41) is 7.76. The van der Waals surface area contributed by atoms with Crippen LogP contribution >= 0.6 is 0 Å². The molecule has 0 atom stereocenters. The van der Waals surface area contributed by atoms with Crippen LogP contribution in [-0.4, -0.2) is 24.2 Å². The van der Waals surface area contributed by atoms with Gasteiger partial charge in [-0.25, -0.2) is 0 Å². The molecule has 0 unspecified atom stereocenters. The van der Waals surface area contributed by atoms with Gasteiger partial charge in [-0.15, -0.1) is 0 Å². The van der Waals surface area contributed by atoms with Gasteiger partial charge in [0.05, 0.1) is 11.3 Å². The molecule has 1 rings (SSSR count). The minimum Gasteiger partial charge on any atom is -0.378 e. The van der Waals surface area contributed by atoms with E-state index in [1.165, 1.54) is 0 Å². The van der Waals surface area contributed by atoms with Gasteiger partial charge < -0.3 is 10.1 Å². The molecule has 0 aliphatic carbocycles. The number of methoxy groups -OCH3 is 1. The van der Waals surface area contributed by atoms with Gasteiger partial charge in [0.1, 0.15) is 0 Å². The molecule has 1 aromatic rings. The summed E-state index contributed by atoms with van der Waals surface area (Å²) in [7, 11) is 1.58. The first-order valence-electron chi connectivity index (χ1n) is 5.18. The molecule has 0 aromatic heterocycles. The summed E-state index contributed by atoms with van der Waals surface area (Å²) in [6.07, 6.45) is 0.317. The average Bonchev–Trinajstić information content (AvgIpc) is 2.28. The molecule has 0 heterocycles. The number of ketones is 1. The lowest BCUT2D eigenvalue weighted by Crippen LogP contribution is -2.29. The van der Waals surface area contributed by atoms with Crippen LogP contribution in [0.15, 0.2) is 30.3 Å². The molecular formula is C13H17NO2. The quantitative estimate of drug-likeness (QED) is 0.611. The number of rotatable bonds is 5. The Morgan fingerprint density at radius 3 is 2.38 bits per heavy atom. The van der Waals surface area contributed by atoms with Crippen molar-refractivity contribution in [2.45, 2.75) is 25.9 Å². The zero-order valence-corrected chi connectivity index (χ0v) is 9.91. The normalized spacial score (nSPS) is 11.2. The highest BCUT2D eigenvalue weighted by Crippen LogP contribution is 2.15. The Bertz CT molecular complexity index is 382. The third-order valence-corrected chi connectivity index (χ3v) is 2.47. The highest BCUT2D eigenvalue weighted by molar-refractivity contribution is 6.45. The predicted molar refractivity (Wildman–Crippen MR) is 64.2 cm³/mol. The van der Waals surface area contributed by atoms with Crippen LogP contribution in [0, 0.1) is 5.41 Å². The minimum atomic E-state index is -0.471. The molecule has 0 aliphatic heterocycles. The molecule has 3 nitrogen and oxygen atoms in total. The molecule has 0 aliphatic rings. The summed E-state index contributed by atoms with van der Waals surface area (Å²) in [5.74, 6) is -0.231. The monoisotopic (exact) mass is 219 g/mol. The van der Waals surface area contributed by atoms with Crippen LogP contribution in [-0.2, 0) is 4.74 Å². The third-order valence-electron chi connectivity index (χ3n) is 2.47. The van der Waals surface area contributed by atoms with Crippen LogP contribution in [0.3, 0.4) is 0 Å². The second-order valence-electron chi connectivity index (χ2n) is 4.31. The van der Waals surface area contributed by atoms with Gasteiger partial charge in [0.2, 0.25) is 5.78 Å². The Morgan fingerprint density at radius 2 is 1.88 bits per heavy atom. The van der Waals surface area contributed by atoms with Crippen molar-refractivity contribution in [3.05, 3.63) is 35.9 Å². The molecule has 3 heteroatoms. The second-order valence-corrected chi connectivity index (χ2v) is 4.31. The Hall–Kier alpha value is -1.48. The van der Waals surface area contributed by atoms with Gasteiger partial charge in [0.15, 0.2) is 0 Å². The zero-order chi connectivity index (χ0) is 12.2. The van der Waals surface area contributed by atoms with E-state index in [2.05, 4.69) is 0 Å². The molecule has 0 saturated carbocycles. The Morgan fingerprint density at radius 1 is 1.31 bits per heavy atom. The first-order chi connectivity index (χ1) is 7.46. The predicted octanol–water partition coefficient (Wildman–Crippen LogP) is 2.70. The van der Waals surface area contributed by atoms with Crippen molar-refractivity contribution in [2.24, 2.45) is 0 Å². The van der Waals surface area contributed by atoms with E-state index in [-0.39, 0.29) is 11.5 Å². The number of carbonyl (C=O) groups is 1. The largest absolute Gasteiger partial charge is 0.378 e. The molecule has 0 amide bonds. The van der Waals surface area contributed by atoms with E-state index in [1.807, 2.05) is 19.9 Å². The molecule has 0 spiro atoms. The fourth-order valence-corrected chi connectivity index (χ4v) is 1.34. The van der Waals surface area contributed by atoms with E-state index >= 15 is 0 Å². The summed E-state index contributed by atoms with van der Waals surface area (Å²) in [6.45, 7) is 3.72. The highest BCUT2D eigenvalue weighted by Gasteiger charge is 2.23. The van der Waals surface area contributed by atoms with Gasteiger partial charge in [-0.2, -0.15) is 0 Å². The number of benzene rings is 1. The van der Waals surface area contributed by atoms with Gasteiger partial charge >= 0.3 is 0 Å². The average molecular weight is 219 g/mol. The summed E-state index contributed by atoms with van der Waals surface area (Å²) < 4.78 is 5.20. The SMILES string of the molecule is COC(C)(C)CC(=N)C(=O)c1ccccc1. The Kier molecular flexibility index (Phi) is 3.96. The molecule has 86 valence electrons. The van der Waals surface area contributed by atoms with Crippen LogP contribution in [0.2, 0.25) is 0 Å². The second kappa shape index (κ2) is 5.03. The summed E-state index contributed by atoms with van der Waals surface area (Å²) in [4.78, 5) is 11.9. The van der Waals surface area contributed by atoms with E-state index in [0.717, 1.165) is 0 Å². The molecular weight excluding hydrogens is 202 g/mol. The van der Waals surface area contributed by atoms with Crippen LogP contribution in [0.25, 0.3) is 0 Å². The van der Waals surface area contributed by atoms with E-state index in [9.17, 15) is 4.79 Å². The lowest BCUT2D eigenvalue weighted by Gasteiger charge is -2.22. The maximum atomic E-state index is 11.9. The van der Waals surface area contributed by atoms with Crippen molar-refractivity contribution >= 4 is 11.5 Å². The number of hydrogen-bond acceptors (Lipinski definition) is 3. The summed E-state index contributed by atoms with van der Waals surface area (Å²) >= 11 is 0. The molecule has 0 bridgehead atoms. The topological polar surface area (TPSA) is 50.1 Å². The third kappa shape index (κ3) is 3.28. The lowest BCUT2D eigenvalue weighted by molar-refractivity contribution is 0.0287. The molecule has 1 N–H and O–H groups in total. The Balaban J connectivity index is 2.73. The zero-order valence-electron chi connectivity index (χ0n) is 9.91. The number of Topliss-reactive ketones (excluding diaryl/α,β-unsaturated/α-hetero) is 1. The number of ether oxygens (including phenoxy) is 1. The smallest absolute Gasteiger partial charge is 0.206 e. The number of hydrogen-bond donors (Lipinski definition) is 1. The molecule has 0 saturated heterocycles. The molecule has 0 radical (unpaired) electrons.